The summed E-state index contributed by atoms with van der Waals surface area (Å²) in [6.07, 6.45) is -4.67. The number of carbonyl (C=O) groups excluding carboxylic acids is 1. The molecular weight excluding hydrogens is 386 g/mol. The first-order chi connectivity index (χ1) is 11.6. The van der Waals surface area contributed by atoms with Crippen LogP contribution in [0.4, 0.5) is 35.0 Å². The number of nitro groups is 1. The van der Waals surface area contributed by atoms with E-state index in [1.165, 1.54) is 12.1 Å². The highest BCUT2D eigenvalue weighted by Crippen LogP contribution is 2.36. The molecule has 2 rings (SSSR count). The van der Waals surface area contributed by atoms with Crippen LogP contribution in [0, 0.1) is 10.1 Å². The number of hydrogen-bond donors (Lipinski definition) is 2. The number of anilines is 2. The number of rotatable bonds is 3. The molecule has 25 heavy (non-hydrogen) atoms. The van der Waals surface area contributed by atoms with Crippen LogP contribution in [0.25, 0.3) is 0 Å². The largest absolute Gasteiger partial charge is 0.417 e. The average molecular weight is 394 g/mol. The Morgan fingerprint density at radius 2 is 1.72 bits per heavy atom. The molecule has 0 spiro atoms. The van der Waals surface area contributed by atoms with Gasteiger partial charge < -0.3 is 10.6 Å². The predicted molar refractivity (Wildman–Crippen MR) is 87.2 cm³/mol. The molecule has 0 atom stereocenters. The van der Waals surface area contributed by atoms with Crippen LogP contribution < -0.4 is 10.6 Å². The number of non-ortho nitro benzene ring substituents is 1. The Morgan fingerprint density at radius 3 is 2.28 bits per heavy atom. The summed E-state index contributed by atoms with van der Waals surface area (Å²) in [6, 6.07) is 5.33. The molecule has 2 aromatic rings. The molecule has 2 amide bonds. The fourth-order valence-electron chi connectivity index (χ4n) is 1.82. The maximum atomic E-state index is 12.8. The molecule has 2 N–H and O–H groups in total. The summed E-state index contributed by atoms with van der Waals surface area (Å²) in [5.41, 5.74) is -1.47. The van der Waals surface area contributed by atoms with E-state index in [1.54, 1.807) is 0 Å². The number of amides is 2. The minimum atomic E-state index is -4.67. The number of urea groups is 1. The summed E-state index contributed by atoms with van der Waals surface area (Å²) >= 11 is 11.3. The van der Waals surface area contributed by atoms with Crippen molar-refractivity contribution in [1.29, 1.82) is 0 Å². The SMILES string of the molecule is O=C(Nc1ccc(Cl)c(C(F)(F)F)c1)Nc1ccc([N+](=O)[O-])cc1Cl. The van der Waals surface area contributed by atoms with Crippen LogP contribution in [0.3, 0.4) is 0 Å². The van der Waals surface area contributed by atoms with E-state index in [0.29, 0.717) is 6.07 Å². The second-order valence-corrected chi connectivity index (χ2v) is 5.51. The van der Waals surface area contributed by atoms with Gasteiger partial charge in [-0.15, -0.1) is 0 Å². The summed E-state index contributed by atoms with van der Waals surface area (Å²) < 4.78 is 38.4. The van der Waals surface area contributed by atoms with E-state index < -0.39 is 27.7 Å². The minimum absolute atomic E-state index is 0.0507. The van der Waals surface area contributed by atoms with Crippen LogP contribution in [0.5, 0.6) is 0 Å². The molecule has 0 aliphatic heterocycles. The predicted octanol–water partition coefficient (Wildman–Crippen LogP) is 5.56. The van der Waals surface area contributed by atoms with Crippen molar-refractivity contribution >= 4 is 46.3 Å². The van der Waals surface area contributed by atoms with Gasteiger partial charge >= 0.3 is 12.2 Å². The molecule has 132 valence electrons. The Hall–Kier alpha value is -2.52. The van der Waals surface area contributed by atoms with Crippen LogP contribution >= 0.6 is 23.2 Å². The van der Waals surface area contributed by atoms with Crippen LogP contribution in [0.2, 0.25) is 10.0 Å². The normalized spacial score (nSPS) is 11.1. The number of nitro benzene ring substituents is 1. The lowest BCUT2D eigenvalue weighted by atomic mass is 10.2. The van der Waals surface area contributed by atoms with Gasteiger partial charge in [0, 0.05) is 17.8 Å². The van der Waals surface area contributed by atoms with Crippen molar-refractivity contribution in [2.75, 3.05) is 10.6 Å². The van der Waals surface area contributed by atoms with Crippen molar-refractivity contribution in [3.8, 4) is 0 Å². The fourth-order valence-corrected chi connectivity index (χ4v) is 2.27. The molecule has 11 heteroatoms. The van der Waals surface area contributed by atoms with Gasteiger partial charge in [0.05, 0.1) is 26.2 Å². The van der Waals surface area contributed by atoms with Gasteiger partial charge in [-0.2, -0.15) is 13.2 Å². The highest BCUT2D eigenvalue weighted by molar-refractivity contribution is 6.34. The molecule has 0 radical (unpaired) electrons. The smallest absolute Gasteiger partial charge is 0.308 e. The lowest BCUT2D eigenvalue weighted by Gasteiger charge is -2.12. The summed E-state index contributed by atoms with van der Waals surface area (Å²) in [7, 11) is 0. The zero-order valence-electron chi connectivity index (χ0n) is 12.0. The van der Waals surface area contributed by atoms with Crippen molar-refractivity contribution in [2.24, 2.45) is 0 Å². The van der Waals surface area contributed by atoms with Gasteiger partial charge in [-0.05, 0) is 24.3 Å². The molecule has 0 heterocycles. The van der Waals surface area contributed by atoms with Gasteiger partial charge in [0.2, 0.25) is 0 Å². The molecule has 2 aromatic carbocycles. The van der Waals surface area contributed by atoms with E-state index in [4.69, 9.17) is 23.2 Å². The van der Waals surface area contributed by atoms with Crippen LogP contribution in [0.15, 0.2) is 36.4 Å². The monoisotopic (exact) mass is 393 g/mol. The first-order valence-corrected chi connectivity index (χ1v) is 7.22. The number of halogens is 5. The molecule has 0 bridgehead atoms. The van der Waals surface area contributed by atoms with Gasteiger partial charge in [0.1, 0.15) is 0 Å². The molecule has 0 aliphatic carbocycles. The molecular formula is C14H8Cl2F3N3O3. The highest BCUT2D eigenvalue weighted by atomic mass is 35.5. The summed E-state index contributed by atoms with van der Waals surface area (Å²) in [4.78, 5) is 21.8. The Balaban J connectivity index is 2.15. The third kappa shape index (κ3) is 4.74. The zero-order valence-corrected chi connectivity index (χ0v) is 13.5. The number of carbonyl (C=O) groups is 1. The van der Waals surface area contributed by atoms with Gasteiger partial charge in [-0.25, -0.2) is 4.79 Å². The van der Waals surface area contributed by atoms with Crippen LogP contribution in [-0.4, -0.2) is 11.0 Å². The number of benzene rings is 2. The first-order valence-electron chi connectivity index (χ1n) is 6.46. The number of alkyl halides is 3. The van der Waals surface area contributed by atoms with Gasteiger partial charge in [-0.1, -0.05) is 23.2 Å². The maximum absolute atomic E-state index is 12.8. The van der Waals surface area contributed by atoms with Crippen molar-refractivity contribution < 1.29 is 22.9 Å². The summed E-state index contributed by atoms with van der Waals surface area (Å²) in [6.45, 7) is 0. The van der Waals surface area contributed by atoms with Gasteiger partial charge in [-0.3, -0.25) is 10.1 Å². The van der Waals surface area contributed by atoms with Gasteiger partial charge in [0.15, 0.2) is 0 Å². The molecule has 0 saturated heterocycles. The third-order valence-electron chi connectivity index (χ3n) is 2.94. The van der Waals surface area contributed by atoms with E-state index in [2.05, 4.69) is 10.6 Å². The molecule has 0 saturated carbocycles. The minimum Gasteiger partial charge on any atom is -0.308 e. The van der Waals surface area contributed by atoms with Gasteiger partial charge in [0.25, 0.3) is 5.69 Å². The van der Waals surface area contributed by atoms with Crippen LogP contribution in [0.1, 0.15) is 5.56 Å². The zero-order chi connectivity index (χ0) is 18.8. The maximum Gasteiger partial charge on any atom is 0.417 e. The van der Waals surface area contributed by atoms with E-state index in [0.717, 1.165) is 18.2 Å². The Bertz CT molecular complexity index is 844. The third-order valence-corrected chi connectivity index (χ3v) is 3.58. The molecule has 0 aliphatic rings. The second kappa shape index (κ2) is 7.16. The lowest BCUT2D eigenvalue weighted by molar-refractivity contribution is -0.384. The molecule has 6 nitrogen and oxygen atoms in total. The number of nitrogens with zero attached hydrogens (tertiary/aromatic N) is 1. The van der Waals surface area contributed by atoms with E-state index in [9.17, 15) is 28.1 Å². The fraction of sp³-hybridized carbons (Fsp3) is 0.0714. The molecule has 0 aromatic heterocycles. The Morgan fingerprint density at radius 1 is 1.04 bits per heavy atom. The van der Waals surface area contributed by atoms with E-state index in [-0.39, 0.29) is 22.1 Å². The average Bonchev–Trinajstić information content (AvgIpc) is 2.50. The highest BCUT2D eigenvalue weighted by Gasteiger charge is 2.33. The second-order valence-electron chi connectivity index (χ2n) is 4.69. The Labute approximate surface area is 148 Å². The van der Waals surface area contributed by atoms with Crippen molar-refractivity contribution in [2.45, 2.75) is 6.18 Å². The topological polar surface area (TPSA) is 84.3 Å². The van der Waals surface area contributed by atoms with Crippen LogP contribution in [-0.2, 0) is 6.18 Å². The molecule has 0 unspecified atom stereocenters. The summed E-state index contributed by atoms with van der Waals surface area (Å²) in [5.74, 6) is 0. The Kier molecular flexibility index (Phi) is 5.39. The number of hydrogen-bond acceptors (Lipinski definition) is 3. The lowest BCUT2D eigenvalue weighted by Crippen LogP contribution is -2.20. The quantitative estimate of drug-likeness (QED) is 0.528. The number of nitrogens with one attached hydrogen (secondary N) is 2. The van der Waals surface area contributed by atoms with Crippen molar-refractivity contribution in [3.05, 3.63) is 62.1 Å². The van der Waals surface area contributed by atoms with E-state index in [1.807, 2.05) is 0 Å². The summed E-state index contributed by atoms with van der Waals surface area (Å²) in [5, 5.41) is 14.5. The molecule has 0 fully saturated rings. The van der Waals surface area contributed by atoms with Crippen molar-refractivity contribution in [3.63, 3.8) is 0 Å². The van der Waals surface area contributed by atoms with Crippen molar-refractivity contribution in [1.82, 2.24) is 0 Å². The van der Waals surface area contributed by atoms with E-state index >= 15 is 0 Å². The standard InChI is InChI=1S/C14H8Cl2F3N3O3/c15-10-3-1-7(5-9(10)14(17,18)19)20-13(23)21-12-4-2-8(22(24)25)6-11(12)16/h1-6H,(H2,20,21,23). The first kappa shape index (κ1) is 18.8.